The van der Waals surface area contributed by atoms with Gasteiger partial charge in [-0.25, -0.2) is 0 Å². The van der Waals surface area contributed by atoms with Crippen LogP contribution in [-0.2, 0) is 0 Å². The highest BCUT2D eigenvalue weighted by Gasteiger charge is 2.48. The quantitative estimate of drug-likeness (QED) is 0.742. The summed E-state index contributed by atoms with van der Waals surface area (Å²) in [5.74, 6) is -2.89. The first kappa shape index (κ1) is 12.2. The molecule has 2 atom stereocenters. The summed E-state index contributed by atoms with van der Waals surface area (Å²) in [4.78, 5) is 12.0. The second-order valence-corrected chi connectivity index (χ2v) is 4.42. The van der Waals surface area contributed by atoms with E-state index in [0.29, 0.717) is 19.3 Å². The molecule has 2 nitrogen and oxygen atoms in total. The number of furan rings is 1. The third-order valence-corrected chi connectivity index (χ3v) is 3.33. The van der Waals surface area contributed by atoms with E-state index in [1.165, 1.54) is 18.6 Å². The van der Waals surface area contributed by atoms with Crippen LogP contribution < -0.4 is 0 Å². The molecule has 1 heterocycles. The minimum atomic E-state index is -4.29. The lowest BCUT2D eigenvalue weighted by atomic mass is 9.75. The monoisotopic (exact) mass is 246 g/mol. The fraction of sp³-hybridized carbons (Fsp3) is 0.583. The van der Waals surface area contributed by atoms with Gasteiger partial charge in [0.15, 0.2) is 5.78 Å². The second kappa shape index (κ2) is 4.55. The van der Waals surface area contributed by atoms with Crippen LogP contribution in [0.25, 0.3) is 0 Å². The van der Waals surface area contributed by atoms with Gasteiger partial charge in [-0.2, -0.15) is 13.2 Å². The Kier molecular flexibility index (Phi) is 3.26. The molecule has 5 heteroatoms. The molecule has 1 fully saturated rings. The van der Waals surface area contributed by atoms with E-state index in [9.17, 15) is 18.0 Å². The minimum absolute atomic E-state index is 0.0533. The van der Waals surface area contributed by atoms with Gasteiger partial charge in [0.05, 0.1) is 17.7 Å². The molecule has 1 saturated carbocycles. The molecule has 0 bridgehead atoms. The molecule has 1 aromatic rings. The Bertz CT molecular complexity index is 381. The van der Waals surface area contributed by atoms with Crippen LogP contribution in [0.4, 0.5) is 13.2 Å². The standard InChI is InChI=1S/C12H13F3O2/c13-12(14,15)10-4-2-1-3-9(10)11(16)8-5-6-17-7-8/h5-7,9-10H,1-4H2. The molecule has 0 spiro atoms. The van der Waals surface area contributed by atoms with E-state index in [4.69, 9.17) is 4.42 Å². The Morgan fingerprint density at radius 1 is 1.29 bits per heavy atom. The molecule has 1 aliphatic rings. The Labute approximate surface area is 96.8 Å². The van der Waals surface area contributed by atoms with Gasteiger partial charge >= 0.3 is 6.18 Å². The normalized spacial score (nSPS) is 25.8. The summed E-state index contributed by atoms with van der Waals surface area (Å²) in [7, 11) is 0. The molecule has 0 aromatic carbocycles. The van der Waals surface area contributed by atoms with E-state index in [2.05, 4.69) is 0 Å². The molecule has 17 heavy (non-hydrogen) atoms. The summed E-state index contributed by atoms with van der Waals surface area (Å²) in [6.07, 6.45) is -0.181. The first-order valence-corrected chi connectivity index (χ1v) is 5.63. The molecule has 94 valence electrons. The Balaban J connectivity index is 2.20. The first-order chi connectivity index (χ1) is 8.00. The SMILES string of the molecule is O=C(c1ccoc1)C1CCCCC1C(F)(F)F. The Morgan fingerprint density at radius 3 is 2.59 bits per heavy atom. The molecule has 0 radical (unpaired) electrons. The van der Waals surface area contributed by atoms with Gasteiger partial charge < -0.3 is 4.42 Å². The van der Waals surface area contributed by atoms with Crippen LogP contribution in [0.15, 0.2) is 23.0 Å². The van der Waals surface area contributed by atoms with Crippen LogP contribution in [0, 0.1) is 11.8 Å². The number of ketones is 1. The van der Waals surface area contributed by atoms with Gasteiger partial charge in [-0.1, -0.05) is 12.8 Å². The molecule has 0 saturated heterocycles. The van der Waals surface area contributed by atoms with E-state index in [1.807, 2.05) is 0 Å². The van der Waals surface area contributed by atoms with Crippen LogP contribution >= 0.6 is 0 Å². The molecule has 0 amide bonds. The van der Waals surface area contributed by atoms with Gasteiger partial charge in [0, 0.05) is 5.92 Å². The smallest absolute Gasteiger partial charge is 0.392 e. The number of Topliss-reactive ketones (excluding diaryl/α,β-unsaturated/α-hetero) is 1. The maximum absolute atomic E-state index is 12.8. The van der Waals surface area contributed by atoms with Crippen LogP contribution in [0.2, 0.25) is 0 Å². The predicted molar refractivity (Wildman–Crippen MR) is 54.5 cm³/mol. The Morgan fingerprint density at radius 2 is 2.00 bits per heavy atom. The lowest BCUT2D eigenvalue weighted by Crippen LogP contribution is -2.37. The molecule has 1 aromatic heterocycles. The largest absolute Gasteiger partial charge is 0.472 e. The van der Waals surface area contributed by atoms with Crippen molar-refractivity contribution >= 4 is 5.78 Å². The van der Waals surface area contributed by atoms with Gasteiger partial charge in [0.2, 0.25) is 0 Å². The maximum atomic E-state index is 12.8. The van der Waals surface area contributed by atoms with Crippen molar-refractivity contribution in [3.63, 3.8) is 0 Å². The van der Waals surface area contributed by atoms with Crippen molar-refractivity contribution in [2.75, 3.05) is 0 Å². The van der Waals surface area contributed by atoms with Crippen molar-refractivity contribution in [3.05, 3.63) is 24.2 Å². The molecular weight excluding hydrogens is 233 g/mol. The number of hydrogen-bond donors (Lipinski definition) is 0. The van der Waals surface area contributed by atoms with Gasteiger partial charge in [0.1, 0.15) is 6.26 Å². The number of carbonyl (C=O) groups excluding carboxylic acids is 1. The summed E-state index contributed by atoms with van der Waals surface area (Å²) in [5, 5.41) is 0. The van der Waals surface area contributed by atoms with Crippen molar-refractivity contribution in [2.45, 2.75) is 31.9 Å². The highest BCUT2D eigenvalue weighted by molar-refractivity contribution is 5.97. The summed E-state index contributed by atoms with van der Waals surface area (Å²) in [6, 6.07) is 1.42. The van der Waals surface area contributed by atoms with Crippen molar-refractivity contribution in [3.8, 4) is 0 Å². The van der Waals surface area contributed by atoms with Crippen molar-refractivity contribution < 1.29 is 22.4 Å². The zero-order chi connectivity index (χ0) is 12.5. The van der Waals surface area contributed by atoms with Crippen molar-refractivity contribution in [1.82, 2.24) is 0 Å². The third kappa shape index (κ3) is 2.53. The van der Waals surface area contributed by atoms with E-state index in [-0.39, 0.29) is 12.0 Å². The van der Waals surface area contributed by atoms with Crippen LogP contribution in [0.1, 0.15) is 36.0 Å². The Hall–Kier alpha value is -1.26. The molecule has 1 aliphatic carbocycles. The highest BCUT2D eigenvalue weighted by Crippen LogP contribution is 2.42. The van der Waals surface area contributed by atoms with E-state index >= 15 is 0 Å². The number of rotatable bonds is 2. The van der Waals surface area contributed by atoms with Crippen molar-refractivity contribution in [2.24, 2.45) is 11.8 Å². The number of alkyl halides is 3. The molecule has 0 N–H and O–H groups in total. The summed E-state index contributed by atoms with van der Waals surface area (Å²) in [5.41, 5.74) is 0.242. The topological polar surface area (TPSA) is 30.2 Å². The fourth-order valence-electron chi connectivity index (χ4n) is 2.46. The van der Waals surface area contributed by atoms with E-state index < -0.39 is 23.8 Å². The molecular formula is C12H13F3O2. The first-order valence-electron chi connectivity index (χ1n) is 5.63. The van der Waals surface area contributed by atoms with Crippen LogP contribution in [0.5, 0.6) is 0 Å². The summed E-state index contributed by atoms with van der Waals surface area (Å²) in [6.45, 7) is 0. The molecule has 0 aliphatic heterocycles. The highest BCUT2D eigenvalue weighted by atomic mass is 19.4. The second-order valence-electron chi connectivity index (χ2n) is 4.42. The van der Waals surface area contributed by atoms with Crippen molar-refractivity contribution in [1.29, 1.82) is 0 Å². The van der Waals surface area contributed by atoms with Gasteiger partial charge in [-0.15, -0.1) is 0 Å². The van der Waals surface area contributed by atoms with Gasteiger partial charge in [0.25, 0.3) is 0 Å². The van der Waals surface area contributed by atoms with Gasteiger partial charge in [-0.3, -0.25) is 4.79 Å². The van der Waals surface area contributed by atoms with Gasteiger partial charge in [-0.05, 0) is 18.9 Å². The molecule has 2 unspecified atom stereocenters. The average molecular weight is 246 g/mol. The number of hydrogen-bond acceptors (Lipinski definition) is 2. The van der Waals surface area contributed by atoms with Crippen LogP contribution in [0.3, 0.4) is 0 Å². The zero-order valence-corrected chi connectivity index (χ0v) is 9.17. The predicted octanol–water partition coefficient (Wildman–Crippen LogP) is 3.83. The lowest BCUT2D eigenvalue weighted by molar-refractivity contribution is -0.190. The number of carbonyl (C=O) groups is 1. The van der Waals surface area contributed by atoms with E-state index in [1.54, 1.807) is 0 Å². The zero-order valence-electron chi connectivity index (χ0n) is 9.17. The third-order valence-electron chi connectivity index (χ3n) is 3.33. The summed E-state index contributed by atoms with van der Waals surface area (Å²) >= 11 is 0. The van der Waals surface area contributed by atoms with Crippen LogP contribution in [-0.4, -0.2) is 12.0 Å². The average Bonchev–Trinajstić information content (AvgIpc) is 2.80. The lowest BCUT2D eigenvalue weighted by Gasteiger charge is -2.31. The van der Waals surface area contributed by atoms with E-state index in [0.717, 1.165) is 0 Å². The molecule has 2 rings (SSSR count). The minimum Gasteiger partial charge on any atom is -0.472 e. The fourth-order valence-corrected chi connectivity index (χ4v) is 2.46. The maximum Gasteiger partial charge on any atom is 0.392 e. The number of halogens is 3. The summed E-state index contributed by atoms with van der Waals surface area (Å²) < 4.78 is 43.2.